The van der Waals surface area contributed by atoms with Crippen LogP contribution in [0.5, 0.6) is 0 Å². The second-order valence-electron chi connectivity index (χ2n) is 8.01. The first-order valence-corrected chi connectivity index (χ1v) is 8.81. The van der Waals surface area contributed by atoms with Crippen LogP contribution in [-0.2, 0) is 7.05 Å². The maximum absolute atomic E-state index is 12.8. The molecule has 136 valence electrons. The number of hydrogen-bond acceptors (Lipinski definition) is 2. The van der Waals surface area contributed by atoms with E-state index in [2.05, 4.69) is 31.2 Å². The molecule has 24 heavy (non-hydrogen) atoms. The molecule has 0 spiro atoms. The first kappa shape index (κ1) is 18.9. The molecule has 1 saturated carbocycles. The summed E-state index contributed by atoms with van der Waals surface area (Å²) in [5.74, 6) is 0.305. The quantitative estimate of drug-likeness (QED) is 0.859. The Bertz CT molecular complexity index is 557. The number of carbonyl (C=O) groups is 1. The number of carbonyl (C=O) groups excluding carboxylic acids is 1. The number of rotatable bonds is 5. The van der Waals surface area contributed by atoms with Gasteiger partial charge in [0.05, 0.1) is 0 Å². The molecule has 0 radical (unpaired) electrons. The lowest BCUT2D eigenvalue weighted by atomic mass is 9.77. The number of aryl methyl sites for hydroxylation is 1. The van der Waals surface area contributed by atoms with E-state index in [-0.39, 0.29) is 28.8 Å². The van der Waals surface area contributed by atoms with Gasteiger partial charge in [0.2, 0.25) is 0 Å². The normalized spacial score (nSPS) is 18.0. The summed E-state index contributed by atoms with van der Waals surface area (Å²) in [7, 11) is 1.52. The van der Waals surface area contributed by atoms with Crippen LogP contribution in [0, 0.1) is 11.3 Å². The Morgan fingerprint density at radius 3 is 2.46 bits per heavy atom. The van der Waals surface area contributed by atoms with Gasteiger partial charge < -0.3 is 5.32 Å². The molecule has 1 heterocycles. The van der Waals surface area contributed by atoms with Crippen LogP contribution < -0.4 is 5.32 Å². The predicted molar refractivity (Wildman–Crippen MR) is 90.1 cm³/mol. The van der Waals surface area contributed by atoms with Crippen LogP contribution in [0.2, 0.25) is 0 Å². The molecule has 4 nitrogen and oxygen atoms in total. The van der Waals surface area contributed by atoms with Gasteiger partial charge in [-0.2, -0.15) is 5.10 Å². The first-order valence-electron chi connectivity index (χ1n) is 8.81. The Morgan fingerprint density at radius 2 is 1.96 bits per heavy atom. The zero-order chi connectivity index (χ0) is 17.9. The Kier molecular flexibility index (Phi) is 5.99. The minimum atomic E-state index is -2.67. The number of halogens is 2. The largest absolute Gasteiger partial charge is 0.347 e. The van der Waals surface area contributed by atoms with Crippen molar-refractivity contribution >= 4 is 5.91 Å². The molecular formula is C18H29F2N3O. The van der Waals surface area contributed by atoms with Crippen molar-refractivity contribution in [1.29, 1.82) is 0 Å². The molecule has 0 saturated heterocycles. The summed E-state index contributed by atoms with van der Waals surface area (Å²) in [5.41, 5.74) is -0.262. The van der Waals surface area contributed by atoms with E-state index in [9.17, 15) is 13.6 Å². The van der Waals surface area contributed by atoms with Crippen LogP contribution in [-0.4, -0.2) is 21.7 Å². The van der Waals surface area contributed by atoms with E-state index in [0.29, 0.717) is 5.92 Å². The van der Waals surface area contributed by atoms with E-state index in [1.165, 1.54) is 49.9 Å². The van der Waals surface area contributed by atoms with Crippen molar-refractivity contribution < 1.29 is 13.6 Å². The molecule has 1 unspecified atom stereocenters. The smallest absolute Gasteiger partial charge is 0.282 e. The van der Waals surface area contributed by atoms with E-state index in [1.807, 2.05) is 0 Å². The SMILES string of the molecule is Cn1nc(C(F)F)cc1C(=O)NC(CC1CCCCC1)C(C)(C)C. The van der Waals surface area contributed by atoms with Crippen LogP contribution in [0.15, 0.2) is 6.07 Å². The van der Waals surface area contributed by atoms with Gasteiger partial charge in [0.1, 0.15) is 11.4 Å². The first-order chi connectivity index (χ1) is 11.2. The van der Waals surface area contributed by atoms with E-state index < -0.39 is 6.43 Å². The van der Waals surface area contributed by atoms with Gasteiger partial charge in [0.15, 0.2) is 0 Å². The molecule has 6 heteroatoms. The van der Waals surface area contributed by atoms with Crippen molar-refractivity contribution in [2.75, 3.05) is 0 Å². The third kappa shape index (κ3) is 4.77. The molecule has 1 amide bonds. The molecule has 1 aromatic heterocycles. The van der Waals surface area contributed by atoms with Crippen molar-refractivity contribution in [3.05, 3.63) is 17.5 Å². The highest BCUT2D eigenvalue weighted by Crippen LogP contribution is 2.32. The summed E-state index contributed by atoms with van der Waals surface area (Å²) in [6.07, 6.45) is 4.51. The summed E-state index contributed by atoms with van der Waals surface area (Å²) < 4.78 is 26.8. The number of hydrogen-bond donors (Lipinski definition) is 1. The van der Waals surface area contributed by atoms with Crippen LogP contribution in [0.25, 0.3) is 0 Å². The van der Waals surface area contributed by atoms with Crippen molar-refractivity contribution in [1.82, 2.24) is 15.1 Å². The summed E-state index contributed by atoms with van der Waals surface area (Å²) in [5, 5.41) is 6.79. The van der Waals surface area contributed by atoms with Gasteiger partial charge in [0, 0.05) is 13.1 Å². The minimum absolute atomic E-state index is 0.0120. The average Bonchev–Trinajstić information content (AvgIpc) is 2.89. The Hall–Kier alpha value is -1.46. The number of aromatic nitrogens is 2. The average molecular weight is 341 g/mol. The van der Waals surface area contributed by atoms with E-state index in [4.69, 9.17) is 0 Å². The van der Waals surface area contributed by atoms with Gasteiger partial charge in [-0.3, -0.25) is 9.48 Å². The lowest BCUT2D eigenvalue weighted by Crippen LogP contribution is -2.45. The van der Waals surface area contributed by atoms with Crippen molar-refractivity contribution in [3.63, 3.8) is 0 Å². The molecule has 1 N–H and O–H groups in total. The van der Waals surface area contributed by atoms with E-state index in [0.717, 1.165) is 6.42 Å². The van der Waals surface area contributed by atoms with Gasteiger partial charge in [-0.05, 0) is 23.8 Å². The highest BCUT2D eigenvalue weighted by molar-refractivity contribution is 5.92. The van der Waals surface area contributed by atoms with Crippen LogP contribution in [0.1, 0.15) is 81.9 Å². The summed E-state index contributed by atoms with van der Waals surface area (Å²) >= 11 is 0. The van der Waals surface area contributed by atoms with Crippen LogP contribution >= 0.6 is 0 Å². The zero-order valence-corrected chi connectivity index (χ0v) is 15.1. The number of nitrogens with zero attached hydrogens (tertiary/aromatic N) is 2. The van der Waals surface area contributed by atoms with Gasteiger partial charge in [0.25, 0.3) is 12.3 Å². The Labute approximate surface area is 143 Å². The third-order valence-corrected chi connectivity index (χ3v) is 5.00. The fourth-order valence-electron chi connectivity index (χ4n) is 3.43. The fourth-order valence-corrected chi connectivity index (χ4v) is 3.43. The maximum Gasteiger partial charge on any atom is 0.282 e. The van der Waals surface area contributed by atoms with Crippen LogP contribution in [0.4, 0.5) is 8.78 Å². The molecule has 1 aliphatic rings. The topological polar surface area (TPSA) is 46.9 Å². The molecule has 0 bridgehead atoms. The minimum Gasteiger partial charge on any atom is -0.347 e. The Morgan fingerprint density at radius 1 is 1.33 bits per heavy atom. The number of nitrogens with one attached hydrogen (secondary N) is 1. The molecule has 1 atom stereocenters. The van der Waals surface area contributed by atoms with Crippen molar-refractivity contribution in [3.8, 4) is 0 Å². The van der Waals surface area contributed by atoms with E-state index in [1.54, 1.807) is 0 Å². The second kappa shape index (κ2) is 7.62. The van der Waals surface area contributed by atoms with Gasteiger partial charge in [-0.1, -0.05) is 52.9 Å². The lowest BCUT2D eigenvalue weighted by molar-refractivity contribution is 0.0871. The van der Waals surface area contributed by atoms with Crippen molar-refractivity contribution in [2.24, 2.45) is 18.4 Å². The van der Waals surface area contributed by atoms with Gasteiger partial charge in [-0.15, -0.1) is 0 Å². The number of amides is 1. The maximum atomic E-state index is 12.8. The molecule has 0 aromatic carbocycles. The molecule has 1 fully saturated rings. The van der Waals surface area contributed by atoms with Crippen molar-refractivity contribution in [2.45, 2.75) is 71.8 Å². The lowest BCUT2D eigenvalue weighted by Gasteiger charge is -2.35. The monoisotopic (exact) mass is 341 g/mol. The molecule has 0 aliphatic heterocycles. The van der Waals surface area contributed by atoms with Gasteiger partial charge >= 0.3 is 0 Å². The standard InChI is InChI=1S/C18H29F2N3O/c1-18(2,3)15(10-12-8-6-5-7-9-12)21-17(24)14-11-13(16(19)20)22-23(14)4/h11-12,15-16H,5-10H2,1-4H3,(H,21,24). The van der Waals surface area contributed by atoms with Crippen LogP contribution in [0.3, 0.4) is 0 Å². The summed E-state index contributed by atoms with van der Waals surface area (Å²) in [6, 6.07) is 1.19. The van der Waals surface area contributed by atoms with E-state index >= 15 is 0 Å². The summed E-state index contributed by atoms with van der Waals surface area (Å²) in [6.45, 7) is 6.32. The molecule has 1 aliphatic carbocycles. The predicted octanol–water partition coefficient (Wildman–Crippen LogP) is 4.47. The molecule has 1 aromatic rings. The molecule has 2 rings (SSSR count). The third-order valence-electron chi connectivity index (χ3n) is 5.00. The zero-order valence-electron chi connectivity index (χ0n) is 15.1. The van der Waals surface area contributed by atoms with Gasteiger partial charge in [-0.25, -0.2) is 8.78 Å². The fraction of sp³-hybridized carbons (Fsp3) is 0.778. The second-order valence-corrected chi connectivity index (χ2v) is 8.01. The molecular weight excluding hydrogens is 312 g/mol. The highest BCUT2D eigenvalue weighted by Gasteiger charge is 2.31. The Balaban J connectivity index is 2.09. The number of alkyl halides is 2. The highest BCUT2D eigenvalue weighted by atomic mass is 19.3. The summed E-state index contributed by atoms with van der Waals surface area (Å²) in [4.78, 5) is 12.6.